The number of carbonyl (C=O) groups is 1. The van der Waals surface area contributed by atoms with Gasteiger partial charge in [-0.15, -0.1) is 0 Å². The molecule has 2 N–H and O–H groups in total. The zero-order valence-corrected chi connectivity index (χ0v) is 21.1. The molecule has 36 heavy (non-hydrogen) atoms. The van der Waals surface area contributed by atoms with Crippen LogP contribution < -0.4 is 29.0 Å². The normalized spacial score (nSPS) is 11.0. The number of sulfonamides is 1. The van der Waals surface area contributed by atoms with Gasteiger partial charge in [0.25, 0.3) is 5.91 Å². The fourth-order valence-electron chi connectivity index (χ4n) is 3.40. The third kappa shape index (κ3) is 6.23. The summed E-state index contributed by atoms with van der Waals surface area (Å²) in [5, 5.41) is 2.54. The number of rotatable bonds is 11. The molecular formula is C25H27FN2O7S. The number of hydrogen-bond acceptors (Lipinski definition) is 7. The molecule has 0 atom stereocenters. The van der Waals surface area contributed by atoms with Gasteiger partial charge in [-0.1, -0.05) is 6.07 Å². The molecule has 1 amide bonds. The van der Waals surface area contributed by atoms with Crippen LogP contribution in [-0.2, 0) is 16.4 Å². The predicted molar refractivity (Wildman–Crippen MR) is 132 cm³/mol. The van der Waals surface area contributed by atoms with E-state index >= 15 is 0 Å². The number of benzene rings is 3. The molecule has 0 saturated heterocycles. The van der Waals surface area contributed by atoms with Gasteiger partial charge < -0.3 is 24.3 Å². The van der Waals surface area contributed by atoms with Gasteiger partial charge in [-0.05, 0) is 54.4 Å². The molecule has 0 aliphatic heterocycles. The summed E-state index contributed by atoms with van der Waals surface area (Å²) in [4.78, 5) is 12.6. The SMILES string of the molecule is COc1ccc(OC)c(NC(=O)c2cc(S(=O)(=O)NCCc3ccc(OC)c(OC)c3)ccc2F)c1. The summed E-state index contributed by atoms with van der Waals surface area (Å²) in [5.41, 5.74) is 0.618. The molecule has 0 unspecified atom stereocenters. The summed E-state index contributed by atoms with van der Waals surface area (Å²) < 4.78 is 63.4. The summed E-state index contributed by atoms with van der Waals surface area (Å²) in [6.45, 7) is 0.0672. The predicted octanol–water partition coefficient (Wildman–Crippen LogP) is 3.63. The maximum atomic E-state index is 14.5. The number of hydrogen-bond donors (Lipinski definition) is 2. The lowest BCUT2D eigenvalue weighted by atomic mass is 10.1. The molecule has 0 spiro atoms. The van der Waals surface area contributed by atoms with Crippen molar-refractivity contribution in [3.8, 4) is 23.0 Å². The second-order valence-electron chi connectivity index (χ2n) is 7.50. The minimum atomic E-state index is -4.03. The maximum Gasteiger partial charge on any atom is 0.258 e. The largest absolute Gasteiger partial charge is 0.497 e. The van der Waals surface area contributed by atoms with Crippen molar-refractivity contribution < 1.29 is 36.6 Å². The van der Waals surface area contributed by atoms with E-state index in [-0.39, 0.29) is 17.1 Å². The van der Waals surface area contributed by atoms with E-state index in [1.54, 1.807) is 30.3 Å². The second kappa shape index (κ2) is 11.7. The lowest BCUT2D eigenvalue weighted by Gasteiger charge is -2.13. The average molecular weight is 519 g/mol. The van der Waals surface area contributed by atoms with Crippen LogP contribution in [0.15, 0.2) is 59.5 Å². The molecule has 0 aromatic heterocycles. The second-order valence-corrected chi connectivity index (χ2v) is 9.27. The Hall–Kier alpha value is -3.83. The van der Waals surface area contributed by atoms with Gasteiger partial charge in [0, 0.05) is 12.6 Å². The molecule has 0 aliphatic rings. The van der Waals surface area contributed by atoms with E-state index < -0.39 is 27.3 Å². The lowest BCUT2D eigenvalue weighted by molar-refractivity contribution is 0.102. The summed E-state index contributed by atoms with van der Waals surface area (Å²) in [6.07, 6.45) is 0.365. The van der Waals surface area contributed by atoms with E-state index in [1.165, 1.54) is 34.5 Å². The van der Waals surface area contributed by atoms with Crippen LogP contribution in [0.25, 0.3) is 0 Å². The molecule has 0 fully saturated rings. The zero-order valence-electron chi connectivity index (χ0n) is 20.3. The van der Waals surface area contributed by atoms with Gasteiger partial charge in [-0.25, -0.2) is 17.5 Å². The molecule has 0 saturated carbocycles. The number of carbonyl (C=O) groups excluding carboxylic acids is 1. The first-order valence-corrected chi connectivity index (χ1v) is 12.2. The van der Waals surface area contributed by atoms with Gasteiger partial charge in [0.05, 0.1) is 44.6 Å². The van der Waals surface area contributed by atoms with Gasteiger partial charge in [-0.3, -0.25) is 4.79 Å². The van der Waals surface area contributed by atoms with Crippen LogP contribution in [0.4, 0.5) is 10.1 Å². The van der Waals surface area contributed by atoms with E-state index in [4.69, 9.17) is 18.9 Å². The van der Waals surface area contributed by atoms with Crippen molar-refractivity contribution in [1.82, 2.24) is 4.72 Å². The maximum absolute atomic E-state index is 14.5. The summed E-state index contributed by atoms with van der Waals surface area (Å²) >= 11 is 0. The first-order chi connectivity index (χ1) is 17.2. The summed E-state index contributed by atoms with van der Waals surface area (Å²) in [5.74, 6) is 0.136. The topological polar surface area (TPSA) is 112 Å². The highest BCUT2D eigenvalue weighted by Gasteiger charge is 2.20. The third-order valence-electron chi connectivity index (χ3n) is 5.30. The molecule has 3 aromatic carbocycles. The molecule has 3 aromatic rings. The Bertz CT molecular complexity index is 1350. The number of ether oxygens (including phenoxy) is 4. The molecule has 3 rings (SSSR count). The molecule has 9 nitrogen and oxygen atoms in total. The monoisotopic (exact) mass is 518 g/mol. The first-order valence-electron chi connectivity index (χ1n) is 10.8. The van der Waals surface area contributed by atoms with Crippen molar-refractivity contribution in [2.24, 2.45) is 0 Å². The van der Waals surface area contributed by atoms with Gasteiger partial charge in [0.2, 0.25) is 10.0 Å². The van der Waals surface area contributed by atoms with Crippen LogP contribution in [0.5, 0.6) is 23.0 Å². The third-order valence-corrected chi connectivity index (χ3v) is 6.76. The highest BCUT2D eigenvalue weighted by atomic mass is 32.2. The Morgan fingerprint density at radius 1 is 0.833 bits per heavy atom. The van der Waals surface area contributed by atoms with Gasteiger partial charge in [-0.2, -0.15) is 0 Å². The van der Waals surface area contributed by atoms with Gasteiger partial charge in [0.1, 0.15) is 17.3 Å². The Kier molecular flexibility index (Phi) is 8.73. The molecule has 0 bridgehead atoms. The molecule has 0 radical (unpaired) electrons. The first kappa shape index (κ1) is 26.8. The average Bonchev–Trinajstić information content (AvgIpc) is 2.88. The van der Waals surface area contributed by atoms with Crippen molar-refractivity contribution in [1.29, 1.82) is 0 Å². The van der Waals surface area contributed by atoms with E-state index in [1.807, 2.05) is 0 Å². The molecule has 192 valence electrons. The number of halogens is 1. The van der Waals surface area contributed by atoms with Crippen LogP contribution in [0.2, 0.25) is 0 Å². The molecule has 0 heterocycles. The van der Waals surface area contributed by atoms with Crippen molar-refractivity contribution in [3.05, 3.63) is 71.5 Å². The Labute approximate surface area is 209 Å². The Morgan fingerprint density at radius 2 is 1.53 bits per heavy atom. The highest BCUT2D eigenvalue weighted by molar-refractivity contribution is 7.89. The quantitative estimate of drug-likeness (QED) is 0.399. The van der Waals surface area contributed by atoms with Crippen molar-refractivity contribution in [2.45, 2.75) is 11.3 Å². The van der Waals surface area contributed by atoms with Crippen molar-refractivity contribution in [2.75, 3.05) is 40.3 Å². The summed E-state index contributed by atoms with van der Waals surface area (Å²) in [6, 6.07) is 13.0. The number of methoxy groups -OCH3 is 4. The van der Waals surface area contributed by atoms with Gasteiger partial charge in [0.15, 0.2) is 11.5 Å². The lowest BCUT2D eigenvalue weighted by Crippen LogP contribution is -2.26. The van der Waals surface area contributed by atoms with Crippen LogP contribution in [0.3, 0.4) is 0 Å². The van der Waals surface area contributed by atoms with Crippen LogP contribution in [0.1, 0.15) is 15.9 Å². The minimum Gasteiger partial charge on any atom is -0.497 e. The van der Waals surface area contributed by atoms with Crippen molar-refractivity contribution in [3.63, 3.8) is 0 Å². The van der Waals surface area contributed by atoms with E-state index in [0.717, 1.165) is 23.8 Å². The fraction of sp³-hybridized carbons (Fsp3) is 0.240. The van der Waals surface area contributed by atoms with E-state index in [2.05, 4.69) is 10.0 Å². The number of amides is 1. The van der Waals surface area contributed by atoms with Crippen LogP contribution in [-0.4, -0.2) is 49.3 Å². The standard InChI is InChI=1S/C25H27FN2O7S/c1-32-17-6-10-22(33-2)21(14-17)28-25(29)19-15-18(7-8-20(19)26)36(30,31)27-12-11-16-5-9-23(34-3)24(13-16)35-4/h5-10,13-15,27H,11-12H2,1-4H3,(H,28,29). The van der Waals surface area contributed by atoms with Crippen LogP contribution >= 0.6 is 0 Å². The molecular weight excluding hydrogens is 491 g/mol. The van der Waals surface area contributed by atoms with E-state index in [0.29, 0.717) is 29.4 Å². The van der Waals surface area contributed by atoms with Crippen molar-refractivity contribution >= 4 is 21.6 Å². The Balaban J connectivity index is 1.75. The van der Waals surface area contributed by atoms with E-state index in [9.17, 15) is 17.6 Å². The fourth-order valence-corrected chi connectivity index (χ4v) is 4.45. The summed E-state index contributed by atoms with van der Waals surface area (Å²) in [7, 11) is 1.88. The highest BCUT2D eigenvalue weighted by Crippen LogP contribution is 2.30. The smallest absolute Gasteiger partial charge is 0.258 e. The molecule has 11 heteroatoms. The Morgan fingerprint density at radius 3 is 2.19 bits per heavy atom. The van der Waals surface area contributed by atoms with Crippen LogP contribution in [0, 0.1) is 5.82 Å². The van der Waals surface area contributed by atoms with Gasteiger partial charge >= 0.3 is 0 Å². The molecule has 0 aliphatic carbocycles. The number of anilines is 1. The number of nitrogens with one attached hydrogen (secondary N) is 2. The minimum absolute atomic E-state index is 0.0672. The zero-order chi connectivity index (χ0) is 26.3.